The van der Waals surface area contributed by atoms with Crippen LogP contribution < -0.4 is 10.6 Å². The molecule has 2 aliphatic carbocycles. The van der Waals surface area contributed by atoms with Crippen molar-refractivity contribution in [2.75, 3.05) is 13.1 Å². The van der Waals surface area contributed by atoms with E-state index in [1.54, 1.807) is 0 Å². The van der Waals surface area contributed by atoms with Gasteiger partial charge < -0.3 is 15.7 Å². The van der Waals surface area contributed by atoms with Gasteiger partial charge in [0.2, 0.25) is 0 Å². The second kappa shape index (κ2) is 6.46. The second-order valence-corrected chi connectivity index (χ2v) is 6.41. The molecule has 0 aromatic carbocycles. The maximum atomic E-state index is 11.8. The zero-order chi connectivity index (χ0) is 14.6. The minimum absolute atomic E-state index is 0.0853. The largest absolute Gasteiger partial charge is 0.481 e. The fourth-order valence-corrected chi connectivity index (χ4v) is 3.49. The van der Waals surface area contributed by atoms with Crippen LogP contribution in [0.2, 0.25) is 0 Å². The van der Waals surface area contributed by atoms with E-state index >= 15 is 0 Å². The number of carboxylic acids is 1. The smallest absolute Gasteiger partial charge is 0.314 e. The van der Waals surface area contributed by atoms with Gasteiger partial charge in [0.1, 0.15) is 0 Å². The van der Waals surface area contributed by atoms with Gasteiger partial charge in [-0.3, -0.25) is 4.79 Å². The molecule has 2 unspecified atom stereocenters. The molecular formula is C15H26N2O3. The van der Waals surface area contributed by atoms with E-state index in [2.05, 4.69) is 17.6 Å². The number of carbonyl (C=O) groups is 2. The maximum absolute atomic E-state index is 11.8. The van der Waals surface area contributed by atoms with Gasteiger partial charge in [0.25, 0.3) is 0 Å². The Morgan fingerprint density at radius 3 is 2.50 bits per heavy atom. The molecule has 0 radical (unpaired) electrons. The van der Waals surface area contributed by atoms with Gasteiger partial charge in [-0.25, -0.2) is 4.79 Å². The van der Waals surface area contributed by atoms with Crippen molar-refractivity contribution in [3.8, 4) is 0 Å². The van der Waals surface area contributed by atoms with Crippen LogP contribution >= 0.6 is 0 Å². The standard InChI is InChI=1S/C15H26N2O3/c1-2-15(7-4-8-15)10-17-14(20)16-9-11-5-3-6-12(11)13(18)19/h11-12H,2-10H2,1H3,(H,18,19)(H2,16,17,20). The van der Waals surface area contributed by atoms with Crippen molar-refractivity contribution in [2.45, 2.75) is 51.9 Å². The molecule has 2 saturated carbocycles. The lowest BCUT2D eigenvalue weighted by Gasteiger charge is -2.41. The van der Waals surface area contributed by atoms with Gasteiger partial charge >= 0.3 is 12.0 Å². The first-order valence-electron chi connectivity index (χ1n) is 7.81. The van der Waals surface area contributed by atoms with Gasteiger partial charge in [-0.1, -0.05) is 19.8 Å². The first-order chi connectivity index (χ1) is 9.56. The summed E-state index contributed by atoms with van der Waals surface area (Å²) in [6.45, 7) is 3.39. The van der Waals surface area contributed by atoms with E-state index in [1.807, 2.05) is 0 Å². The molecule has 0 aromatic heterocycles. The molecule has 114 valence electrons. The summed E-state index contributed by atoms with van der Waals surface area (Å²) in [6.07, 6.45) is 7.36. The summed E-state index contributed by atoms with van der Waals surface area (Å²) in [6, 6.07) is -0.152. The molecular weight excluding hydrogens is 256 g/mol. The molecule has 2 fully saturated rings. The van der Waals surface area contributed by atoms with Gasteiger partial charge in [-0.2, -0.15) is 0 Å². The number of aliphatic carboxylic acids is 1. The average Bonchev–Trinajstić information content (AvgIpc) is 2.84. The lowest BCUT2D eigenvalue weighted by molar-refractivity contribution is -0.142. The highest BCUT2D eigenvalue weighted by Crippen LogP contribution is 2.43. The molecule has 0 saturated heterocycles. The predicted octanol–water partition coefficient (Wildman–Crippen LogP) is 2.37. The molecule has 2 rings (SSSR count). The molecule has 2 atom stereocenters. The predicted molar refractivity (Wildman–Crippen MR) is 76.4 cm³/mol. The van der Waals surface area contributed by atoms with Crippen molar-refractivity contribution >= 4 is 12.0 Å². The summed E-state index contributed by atoms with van der Waals surface area (Å²) in [4.78, 5) is 22.9. The highest BCUT2D eigenvalue weighted by Gasteiger charge is 2.35. The van der Waals surface area contributed by atoms with Crippen LogP contribution in [0.5, 0.6) is 0 Å². The van der Waals surface area contributed by atoms with Crippen molar-refractivity contribution in [1.82, 2.24) is 10.6 Å². The Morgan fingerprint density at radius 1 is 1.20 bits per heavy atom. The van der Waals surface area contributed by atoms with E-state index in [4.69, 9.17) is 5.11 Å². The van der Waals surface area contributed by atoms with Crippen LogP contribution in [0.3, 0.4) is 0 Å². The monoisotopic (exact) mass is 282 g/mol. The van der Waals surface area contributed by atoms with Gasteiger partial charge in [0.15, 0.2) is 0 Å². The summed E-state index contributed by atoms with van der Waals surface area (Å²) in [5, 5.41) is 14.9. The van der Waals surface area contributed by atoms with E-state index < -0.39 is 5.97 Å². The van der Waals surface area contributed by atoms with Crippen LogP contribution in [0.1, 0.15) is 51.9 Å². The number of amides is 2. The molecule has 0 spiro atoms. The van der Waals surface area contributed by atoms with Crippen LogP contribution in [-0.2, 0) is 4.79 Å². The third-order valence-corrected chi connectivity index (χ3v) is 5.29. The first kappa shape index (κ1) is 15.1. The molecule has 0 heterocycles. The summed E-state index contributed by atoms with van der Waals surface area (Å²) < 4.78 is 0. The van der Waals surface area contributed by atoms with Crippen molar-refractivity contribution in [3.63, 3.8) is 0 Å². The quantitative estimate of drug-likeness (QED) is 0.700. The molecule has 2 amide bonds. The normalized spacial score (nSPS) is 27.6. The third-order valence-electron chi connectivity index (χ3n) is 5.29. The van der Waals surface area contributed by atoms with E-state index in [0.717, 1.165) is 32.2 Å². The molecule has 0 bridgehead atoms. The van der Waals surface area contributed by atoms with Crippen LogP contribution in [-0.4, -0.2) is 30.2 Å². The molecule has 2 aliphatic rings. The Morgan fingerprint density at radius 2 is 1.95 bits per heavy atom. The van der Waals surface area contributed by atoms with Gasteiger partial charge in [0, 0.05) is 13.1 Å². The van der Waals surface area contributed by atoms with E-state index in [9.17, 15) is 9.59 Å². The van der Waals surface area contributed by atoms with Crippen LogP contribution in [0.25, 0.3) is 0 Å². The molecule has 3 N–H and O–H groups in total. The topological polar surface area (TPSA) is 78.4 Å². The van der Waals surface area contributed by atoms with Crippen molar-refractivity contribution < 1.29 is 14.7 Å². The number of urea groups is 1. The molecule has 0 aromatic rings. The van der Waals surface area contributed by atoms with Gasteiger partial charge in [-0.05, 0) is 43.4 Å². The van der Waals surface area contributed by atoms with Crippen molar-refractivity contribution in [1.29, 1.82) is 0 Å². The number of rotatable bonds is 6. The highest BCUT2D eigenvalue weighted by molar-refractivity contribution is 5.74. The average molecular weight is 282 g/mol. The Balaban J connectivity index is 1.68. The number of carbonyl (C=O) groups excluding carboxylic acids is 1. The van der Waals surface area contributed by atoms with Crippen LogP contribution in [0.15, 0.2) is 0 Å². The fraction of sp³-hybridized carbons (Fsp3) is 0.867. The molecule has 5 nitrogen and oxygen atoms in total. The Bertz CT molecular complexity index is 361. The van der Waals surface area contributed by atoms with E-state index in [0.29, 0.717) is 12.0 Å². The number of carboxylic acid groups (broad SMARTS) is 1. The van der Waals surface area contributed by atoms with Crippen LogP contribution in [0, 0.1) is 17.3 Å². The Kier molecular flexibility index (Phi) is 4.89. The van der Waals surface area contributed by atoms with E-state index in [-0.39, 0.29) is 17.9 Å². The first-order valence-corrected chi connectivity index (χ1v) is 7.81. The lowest BCUT2D eigenvalue weighted by Crippen LogP contribution is -2.46. The Labute approximate surface area is 120 Å². The summed E-state index contributed by atoms with van der Waals surface area (Å²) >= 11 is 0. The van der Waals surface area contributed by atoms with E-state index in [1.165, 1.54) is 19.3 Å². The molecule has 0 aliphatic heterocycles. The van der Waals surface area contributed by atoms with Gasteiger partial charge in [-0.15, -0.1) is 0 Å². The highest BCUT2D eigenvalue weighted by atomic mass is 16.4. The minimum Gasteiger partial charge on any atom is -0.481 e. The van der Waals surface area contributed by atoms with Crippen molar-refractivity contribution in [2.24, 2.45) is 17.3 Å². The maximum Gasteiger partial charge on any atom is 0.314 e. The van der Waals surface area contributed by atoms with Crippen molar-refractivity contribution in [3.05, 3.63) is 0 Å². The number of hydrogen-bond donors (Lipinski definition) is 3. The zero-order valence-electron chi connectivity index (χ0n) is 12.3. The molecule has 5 heteroatoms. The summed E-state index contributed by atoms with van der Waals surface area (Å²) in [5.41, 5.74) is 0.314. The Hall–Kier alpha value is -1.26. The second-order valence-electron chi connectivity index (χ2n) is 6.41. The zero-order valence-corrected chi connectivity index (χ0v) is 12.3. The fourth-order valence-electron chi connectivity index (χ4n) is 3.49. The molecule has 20 heavy (non-hydrogen) atoms. The lowest BCUT2D eigenvalue weighted by atomic mass is 9.67. The van der Waals surface area contributed by atoms with Gasteiger partial charge in [0.05, 0.1) is 5.92 Å². The summed E-state index contributed by atoms with van der Waals surface area (Å²) in [7, 11) is 0. The van der Waals surface area contributed by atoms with Crippen LogP contribution in [0.4, 0.5) is 4.79 Å². The number of nitrogens with one attached hydrogen (secondary N) is 2. The summed E-state index contributed by atoms with van der Waals surface area (Å²) in [5.74, 6) is -0.930. The third kappa shape index (κ3) is 3.44. The minimum atomic E-state index is -0.728. The SMILES string of the molecule is CCC1(CNC(=O)NCC2CCCC2C(=O)O)CCC1. The number of hydrogen-bond acceptors (Lipinski definition) is 2.